The quantitative estimate of drug-likeness (QED) is 0.782. The van der Waals surface area contributed by atoms with Crippen LogP contribution < -0.4 is 0 Å². The molecule has 2 aromatic rings. The molecular weight excluding hydrogens is 378 g/mol. The van der Waals surface area contributed by atoms with Gasteiger partial charge in [0.25, 0.3) is 0 Å². The molecule has 0 atom stereocenters. The number of benzene rings is 1. The third kappa shape index (κ3) is 3.78. The number of hydrogen-bond donors (Lipinski definition) is 1. The van der Waals surface area contributed by atoms with E-state index in [1.165, 1.54) is 0 Å². The standard InChI is InChI=1S/C13H13BrClN3O2S/c1-7(2)12-16-17-13(21-6-11(19)20)18(12)10-4-3-8(15)5-9(10)14/h3-5,7H,6H2,1-2H3,(H,19,20). The van der Waals surface area contributed by atoms with Crippen LogP contribution in [0.5, 0.6) is 0 Å². The monoisotopic (exact) mass is 389 g/mol. The van der Waals surface area contributed by atoms with Crippen molar-refractivity contribution in [1.29, 1.82) is 0 Å². The van der Waals surface area contributed by atoms with Gasteiger partial charge in [-0.05, 0) is 34.1 Å². The summed E-state index contributed by atoms with van der Waals surface area (Å²) < 4.78 is 2.66. The number of thioether (sulfide) groups is 1. The molecule has 112 valence electrons. The second-order valence-corrected chi connectivity index (χ2v) is 6.84. The number of carboxylic acids is 1. The summed E-state index contributed by atoms with van der Waals surface area (Å²) in [6.45, 7) is 4.02. The molecule has 0 aliphatic carbocycles. The highest BCUT2D eigenvalue weighted by Crippen LogP contribution is 2.31. The van der Waals surface area contributed by atoms with E-state index in [4.69, 9.17) is 16.7 Å². The summed E-state index contributed by atoms with van der Waals surface area (Å²) in [4.78, 5) is 10.8. The van der Waals surface area contributed by atoms with E-state index in [9.17, 15) is 4.79 Å². The highest BCUT2D eigenvalue weighted by Gasteiger charge is 2.19. The zero-order chi connectivity index (χ0) is 15.6. The minimum atomic E-state index is -0.893. The first-order valence-electron chi connectivity index (χ1n) is 6.15. The lowest BCUT2D eigenvalue weighted by atomic mass is 10.2. The van der Waals surface area contributed by atoms with Gasteiger partial charge in [0.15, 0.2) is 5.16 Å². The lowest BCUT2D eigenvalue weighted by molar-refractivity contribution is -0.133. The van der Waals surface area contributed by atoms with Crippen LogP contribution in [0.25, 0.3) is 5.69 Å². The van der Waals surface area contributed by atoms with E-state index in [1.807, 2.05) is 24.5 Å². The van der Waals surface area contributed by atoms with E-state index in [1.54, 1.807) is 12.1 Å². The summed E-state index contributed by atoms with van der Waals surface area (Å²) in [5.41, 5.74) is 0.834. The van der Waals surface area contributed by atoms with Crippen LogP contribution in [0.2, 0.25) is 5.02 Å². The van der Waals surface area contributed by atoms with Gasteiger partial charge in [-0.25, -0.2) is 0 Å². The minimum Gasteiger partial charge on any atom is -0.481 e. The first-order chi connectivity index (χ1) is 9.90. The number of hydrogen-bond acceptors (Lipinski definition) is 4. The zero-order valence-electron chi connectivity index (χ0n) is 11.4. The molecule has 1 aromatic heterocycles. The molecule has 2 rings (SSSR count). The van der Waals surface area contributed by atoms with Crippen molar-refractivity contribution in [2.45, 2.75) is 24.9 Å². The highest BCUT2D eigenvalue weighted by atomic mass is 79.9. The molecule has 0 aliphatic heterocycles. The molecule has 5 nitrogen and oxygen atoms in total. The summed E-state index contributed by atoms with van der Waals surface area (Å²) in [7, 11) is 0. The number of nitrogens with zero attached hydrogens (tertiary/aromatic N) is 3. The Morgan fingerprint density at radius 3 is 2.76 bits per heavy atom. The second-order valence-electron chi connectivity index (χ2n) is 4.61. The Morgan fingerprint density at radius 2 is 2.19 bits per heavy atom. The number of halogens is 2. The molecule has 1 aromatic carbocycles. The van der Waals surface area contributed by atoms with Crippen LogP contribution in [-0.4, -0.2) is 31.6 Å². The number of carboxylic acid groups (broad SMARTS) is 1. The number of aromatic nitrogens is 3. The molecule has 1 heterocycles. The molecule has 1 N–H and O–H groups in total. The van der Waals surface area contributed by atoms with Gasteiger partial charge in [0.05, 0.1) is 11.4 Å². The molecule has 0 spiro atoms. The van der Waals surface area contributed by atoms with E-state index in [2.05, 4.69) is 26.1 Å². The first-order valence-corrected chi connectivity index (χ1v) is 8.31. The Labute approximate surface area is 139 Å². The third-order valence-corrected chi connectivity index (χ3v) is 4.43. The van der Waals surface area contributed by atoms with Crippen LogP contribution in [0.4, 0.5) is 0 Å². The van der Waals surface area contributed by atoms with Crippen molar-refractivity contribution in [3.05, 3.63) is 33.5 Å². The predicted molar refractivity (Wildman–Crippen MR) is 86.5 cm³/mol. The molecule has 8 heteroatoms. The van der Waals surface area contributed by atoms with Crippen molar-refractivity contribution in [3.8, 4) is 5.69 Å². The highest BCUT2D eigenvalue weighted by molar-refractivity contribution is 9.10. The summed E-state index contributed by atoms with van der Waals surface area (Å²) in [5, 5.41) is 18.3. The van der Waals surface area contributed by atoms with Gasteiger partial charge in [0, 0.05) is 15.4 Å². The van der Waals surface area contributed by atoms with Gasteiger partial charge in [-0.2, -0.15) is 0 Å². The summed E-state index contributed by atoms with van der Waals surface area (Å²) in [6.07, 6.45) is 0. The molecule has 21 heavy (non-hydrogen) atoms. The topological polar surface area (TPSA) is 68.0 Å². The lowest BCUT2D eigenvalue weighted by Gasteiger charge is -2.13. The van der Waals surface area contributed by atoms with E-state index >= 15 is 0 Å². The molecule has 0 saturated carbocycles. The Morgan fingerprint density at radius 1 is 1.48 bits per heavy atom. The molecule has 0 fully saturated rings. The van der Waals surface area contributed by atoms with Crippen molar-refractivity contribution >= 4 is 45.3 Å². The van der Waals surface area contributed by atoms with E-state index in [0.717, 1.165) is 27.7 Å². The van der Waals surface area contributed by atoms with Crippen LogP contribution in [0.3, 0.4) is 0 Å². The van der Waals surface area contributed by atoms with Gasteiger partial charge in [0.2, 0.25) is 0 Å². The first kappa shape index (κ1) is 16.3. The summed E-state index contributed by atoms with van der Waals surface area (Å²) >= 11 is 10.6. The van der Waals surface area contributed by atoms with Crippen molar-refractivity contribution in [1.82, 2.24) is 14.8 Å². The SMILES string of the molecule is CC(C)c1nnc(SCC(=O)O)n1-c1ccc(Cl)cc1Br. The van der Waals surface area contributed by atoms with Crippen LogP contribution in [0, 0.1) is 0 Å². The molecular formula is C13H13BrClN3O2S. The maximum atomic E-state index is 10.8. The van der Waals surface area contributed by atoms with Gasteiger partial charge < -0.3 is 5.11 Å². The van der Waals surface area contributed by atoms with Gasteiger partial charge >= 0.3 is 5.97 Å². The molecule has 0 unspecified atom stereocenters. The Kier molecular flexibility index (Phi) is 5.29. The fraction of sp³-hybridized carbons (Fsp3) is 0.308. The Bertz CT molecular complexity index is 675. The van der Waals surface area contributed by atoms with Crippen LogP contribution in [0.1, 0.15) is 25.6 Å². The summed E-state index contributed by atoms with van der Waals surface area (Å²) in [6, 6.07) is 5.41. The number of carbonyl (C=O) groups is 1. The predicted octanol–water partition coefficient (Wildman–Crippen LogP) is 3.98. The van der Waals surface area contributed by atoms with Gasteiger partial charge in [-0.1, -0.05) is 37.2 Å². The number of rotatable bonds is 5. The average Bonchev–Trinajstić information content (AvgIpc) is 2.80. The van der Waals surface area contributed by atoms with Crippen LogP contribution in [-0.2, 0) is 4.79 Å². The fourth-order valence-electron chi connectivity index (χ4n) is 1.76. The zero-order valence-corrected chi connectivity index (χ0v) is 14.5. The summed E-state index contributed by atoms with van der Waals surface area (Å²) in [5.74, 6) is -0.0393. The average molecular weight is 391 g/mol. The van der Waals surface area contributed by atoms with E-state index in [0.29, 0.717) is 10.2 Å². The van der Waals surface area contributed by atoms with Crippen LogP contribution >= 0.6 is 39.3 Å². The maximum Gasteiger partial charge on any atom is 0.313 e. The number of aliphatic carboxylic acids is 1. The van der Waals surface area contributed by atoms with Crippen molar-refractivity contribution in [2.24, 2.45) is 0 Å². The molecule has 0 bridgehead atoms. The molecule has 0 radical (unpaired) electrons. The lowest BCUT2D eigenvalue weighted by Crippen LogP contribution is -2.06. The Balaban J connectivity index is 2.52. The largest absolute Gasteiger partial charge is 0.481 e. The van der Waals surface area contributed by atoms with Crippen molar-refractivity contribution < 1.29 is 9.90 Å². The Hall–Kier alpha value is -1.05. The van der Waals surface area contributed by atoms with Gasteiger partial charge in [-0.15, -0.1) is 10.2 Å². The van der Waals surface area contributed by atoms with E-state index < -0.39 is 5.97 Å². The molecule has 0 saturated heterocycles. The van der Waals surface area contributed by atoms with Crippen LogP contribution in [0.15, 0.2) is 27.8 Å². The normalized spacial score (nSPS) is 11.1. The van der Waals surface area contributed by atoms with E-state index in [-0.39, 0.29) is 11.7 Å². The van der Waals surface area contributed by atoms with Crippen molar-refractivity contribution in [2.75, 3.05) is 5.75 Å². The second kappa shape index (κ2) is 6.81. The minimum absolute atomic E-state index is 0.0680. The van der Waals surface area contributed by atoms with Crippen molar-refractivity contribution in [3.63, 3.8) is 0 Å². The smallest absolute Gasteiger partial charge is 0.313 e. The third-order valence-electron chi connectivity index (χ3n) is 2.65. The fourth-order valence-corrected chi connectivity index (χ4v) is 3.30. The molecule has 0 amide bonds. The molecule has 0 aliphatic rings. The van der Waals surface area contributed by atoms with Gasteiger partial charge in [-0.3, -0.25) is 9.36 Å². The maximum absolute atomic E-state index is 10.8. The van der Waals surface area contributed by atoms with Gasteiger partial charge in [0.1, 0.15) is 5.82 Å².